The van der Waals surface area contributed by atoms with Gasteiger partial charge in [0.1, 0.15) is 28.6 Å². The number of esters is 1. The normalized spacial score (nSPS) is 23.0. The van der Waals surface area contributed by atoms with E-state index in [4.69, 9.17) is 22.1 Å². The van der Waals surface area contributed by atoms with Gasteiger partial charge in [0, 0.05) is 54.8 Å². The lowest BCUT2D eigenvalue weighted by atomic mass is 9.59. The molecule has 0 unspecified atom stereocenters. The van der Waals surface area contributed by atoms with Crippen LogP contribution in [0.2, 0.25) is 5.02 Å². The third-order valence-electron chi connectivity index (χ3n) is 8.23. The molecule has 5 rings (SSSR count). The summed E-state index contributed by atoms with van der Waals surface area (Å²) in [7, 11) is 3.53. The second-order valence-corrected chi connectivity index (χ2v) is 11.5. The summed E-state index contributed by atoms with van der Waals surface area (Å²) < 4.78 is 5.25. The maximum atomic E-state index is 13.8. The summed E-state index contributed by atoms with van der Waals surface area (Å²) >= 11 is 5.85. The predicted octanol–water partition coefficient (Wildman–Crippen LogP) is 1.84. The number of halogens is 1. The largest absolute Gasteiger partial charge is 0.508 e. The van der Waals surface area contributed by atoms with E-state index in [1.807, 2.05) is 0 Å². The molecular weight excluding hydrogens is 582 g/mol. The van der Waals surface area contributed by atoms with Crippen molar-refractivity contribution in [3.05, 3.63) is 69.0 Å². The number of benzene rings is 2. The van der Waals surface area contributed by atoms with Crippen LogP contribution in [-0.2, 0) is 32.1 Å². The summed E-state index contributed by atoms with van der Waals surface area (Å²) in [5.41, 5.74) is 2.97. The number of aromatic hydroxyl groups is 1. The van der Waals surface area contributed by atoms with E-state index in [0.29, 0.717) is 27.6 Å². The number of hydrogen-bond acceptors (Lipinski definition) is 11. The third-order valence-corrected chi connectivity index (χ3v) is 8.48. The van der Waals surface area contributed by atoms with Crippen molar-refractivity contribution in [2.75, 3.05) is 25.5 Å². The van der Waals surface area contributed by atoms with Crippen LogP contribution in [0.15, 0.2) is 47.2 Å². The number of ketones is 2. The molecule has 1 fully saturated rings. The number of nitrogens with two attached hydrogens (primary N) is 1. The van der Waals surface area contributed by atoms with Gasteiger partial charge < -0.3 is 41.1 Å². The van der Waals surface area contributed by atoms with Gasteiger partial charge in [0.15, 0.2) is 11.4 Å². The van der Waals surface area contributed by atoms with E-state index in [1.54, 1.807) is 49.3 Å². The number of carbonyl (C=O) groups is 4. The second kappa shape index (κ2) is 11.0. The molecule has 2 aromatic rings. The number of primary amides is 1. The Morgan fingerprint density at radius 1 is 1.14 bits per heavy atom. The number of amides is 1. The number of phenolic OH excluding ortho intramolecular Hbond substituents is 1. The first-order valence-electron chi connectivity index (χ1n) is 13.4. The van der Waals surface area contributed by atoms with Crippen LogP contribution < -0.4 is 20.7 Å². The standard InChI is InChI=1S/C30H30ClN3O9/c1-34(2)19-9-14(11-33-12-21(36)43-17-5-3-16(31)4-6-17)25(37)23-18(19)8-13-7-15-10-20(35)24(29(32)41)28(40)30(15,42)27(39)22(13)26(23)38/h3-6,9,13,15,33,37-38,40,42H,7-8,10-12H2,1-2H3,(H2,32,41)/t13-,15+,30+/m1/s1. The predicted molar refractivity (Wildman–Crippen MR) is 155 cm³/mol. The minimum Gasteiger partial charge on any atom is -0.508 e. The zero-order valence-electron chi connectivity index (χ0n) is 23.3. The topological polar surface area (TPSA) is 200 Å². The smallest absolute Gasteiger partial charge is 0.325 e. The van der Waals surface area contributed by atoms with E-state index in [9.17, 15) is 39.6 Å². The highest BCUT2D eigenvalue weighted by Gasteiger charge is 2.60. The lowest BCUT2D eigenvalue weighted by Crippen LogP contribution is -2.58. The highest BCUT2D eigenvalue weighted by molar-refractivity contribution is 6.30. The Balaban J connectivity index is 1.48. The van der Waals surface area contributed by atoms with Crippen molar-refractivity contribution in [2.24, 2.45) is 17.6 Å². The lowest BCUT2D eigenvalue weighted by molar-refractivity contribution is -0.147. The zero-order valence-corrected chi connectivity index (χ0v) is 24.1. The van der Waals surface area contributed by atoms with Crippen molar-refractivity contribution in [2.45, 2.75) is 31.4 Å². The van der Waals surface area contributed by atoms with Gasteiger partial charge in [0.25, 0.3) is 5.91 Å². The number of aliphatic hydroxyl groups excluding tert-OH is 2. The van der Waals surface area contributed by atoms with Crippen molar-refractivity contribution >= 4 is 46.5 Å². The van der Waals surface area contributed by atoms with Crippen molar-refractivity contribution in [3.8, 4) is 11.5 Å². The fourth-order valence-electron chi connectivity index (χ4n) is 6.23. The number of ether oxygens (including phenoxy) is 1. The van der Waals surface area contributed by atoms with E-state index in [0.717, 1.165) is 0 Å². The summed E-state index contributed by atoms with van der Waals surface area (Å²) in [6.45, 7) is -0.236. The van der Waals surface area contributed by atoms with Gasteiger partial charge in [-0.15, -0.1) is 0 Å². The van der Waals surface area contributed by atoms with Gasteiger partial charge in [-0.3, -0.25) is 19.2 Å². The van der Waals surface area contributed by atoms with Crippen LogP contribution in [0.3, 0.4) is 0 Å². The van der Waals surface area contributed by atoms with Crippen LogP contribution >= 0.6 is 11.6 Å². The number of Topliss-reactive ketones (excluding diaryl/α,β-unsaturated/α-hetero) is 2. The van der Waals surface area contributed by atoms with Crippen molar-refractivity contribution in [3.63, 3.8) is 0 Å². The van der Waals surface area contributed by atoms with Gasteiger partial charge in [-0.05, 0) is 54.7 Å². The van der Waals surface area contributed by atoms with E-state index in [-0.39, 0.29) is 42.8 Å². The number of fused-ring (bicyclic) bond motifs is 3. The number of anilines is 1. The molecule has 226 valence electrons. The number of rotatable bonds is 7. The number of nitrogens with zero attached hydrogens (tertiary/aromatic N) is 1. The molecule has 0 aromatic heterocycles. The van der Waals surface area contributed by atoms with E-state index < -0.39 is 64.4 Å². The van der Waals surface area contributed by atoms with Crippen LogP contribution in [0.4, 0.5) is 5.69 Å². The molecule has 2 aromatic carbocycles. The van der Waals surface area contributed by atoms with Crippen LogP contribution in [0, 0.1) is 11.8 Å². The molecule has 12 nitrogen and oxygen atoms in total. The summed E-state index contributed by atoms with van der Waals surface area (Å²) in [4.78, 5) is 52.2. The Kier molecular flexibility index (Phi) is 7.71. The summed E-state index contributed by atoms with van der Waals surface area (Å²) in [6.07, 6.45) is -0.176. The number of phenols is 1. The molecule has 13 heteroatoms. The monoisotopic (exact) mass is 611 g/mol. The molecule has 7 N–H and O–H groups in total. The van der Waals surface area contributed by atoms with Gasteiger partial charge in [-0.1, -0.05) is 11.6 Å². The van der Waals surface area contributed by atoms with E-state index in [2.05, 4.69) is 5.32 Å². The van der Waals surface area contributed by atoms with Gasteiger partial charge in [0.05, 0.1) is 12.1 Å². The number of carbonyl (C=O) groups excluding carboxylic acids is 4. The van der Waals surface area contributed by atoms with Gasteiger partial charge >= 0.3 is 5.97 Å². The van der Waals surface area contributed by atoms with Gasteiger partial charge in [-0.2, -0.15) is 0 Å². The van der Waals surface area contributed by atoms with Gasteiger partial charge in [-0.25, -0.2) is 0 Å². The van der Waals surface area contributed by atoms with E-state index in [1.165, 1.54) is 0 Å². The quantitative estimate of drug-likeness (QED) is 0.152. The second-order valence-electron chi connectivity index (χ2n) is 11.1. The van der Waals surface area contributed by atoms with Gasteiger partial charge in [0.2, 0.25) is 5.78 Å². The first-order valence-corrected chi connectivity index (χ1v) is 13.8. The SMILES string of the molecule is CN(C)c1cc(CNCC(=O)Oc2ccc(Cl)cc2)c(O)c2c1C[C@H]1C[C@H]3CC(=O)C(C(N)=O)=C(O)[C@@]3(O)C(=O)C1=C2O. The van der Waals surface area contributed by atoms with E-state index >= 15 is 0 Å². The maximum Gasteiger partial charge on any atom is 0.325 e. The highest BCUT2D eigenvalue weighted by Crippen LogP contribution is 2.53. The molecule has 3 atom stereocenters. The Morgan fingerprint density at radius 2 is 1.81 bits per heavy atom. The third kappa shape index (κ3) is 5.01. The molecule has 3 aliphatic rings. The highest BCUT2D eigenvalue weighted by atomic mass is 35.5. The lowest BCUT2D eigenvalue weighted by Gasteiger charge is -2.46. The number of nitrogens with one attached hydrogen (secondary N) is 1. The molecule has 0 saturated heterocycles. The molecule has 3 aliphatic carbocycles. The maximum absolute atomic E-state index is 13.8. The van der Waals surface area contributed by atoms with Crippen LogP contribution in [0.1, 0.15) is 29.5 Å². The van der Waals surface area contributed by atoms with Crippen molar-refractivity contribution < 1.29 is 44.3 Å². The fourth-order valence-corrected chi connectivity index (χ4v) is 6.35. The summed E-state index contributed by atoms with van der Waals surface area (Å²) in [6, 6.07) is 7.94. The van der Waals surface area contributed by atoms with Crippen molar-refractivity contribution in [1.82, 2.24) is 5.32 Å². The summed E-state index contributed by atoms with van der Waals surface area (Å²) in [5, 5.41) is 48.3. The summed E-state index contributed by atoms with van der Waals surface area (Å²) in [5.74, 6) is -7.17. The molecule has 1 saturated carbocycles. The Bertz CT molecular complexity index is 1630. The zero-order chi connectivity index (χ0) is 31.4. The molecule has 0 aliphatic heterocycles. The molecule has 0 bridgehead atoms. The molecule has 0 spiro atoms. The molecular formula is C30H30ClN3O9. The van der Waals surface area contributed by atoms with Crippen LogP contribution in [0.25, 0.3) is 5.76 Å². The van der Waals surface area contributed by atoms with Crippen LogP contribution in [-0.4, -0.2) is 70.1 Å². The van der Waals surface area contributed by atoms with Crippen molar-refractivity contribution in [1.29, 1.82) is 0 Å². The number of aliphatic hydroxyl groups is 3. The minimum absolute atomic E-state index is 0.0186. The Morgan fingerprint density at radius 3 is 2.44 bits per heavy atom. The Hall–Kier alpha value is -4.39. The molecule has 0 radical (unpaired) electrons. The first kappa shape index (κ1) is 30.1. The average molecular weight is 612 g/mol. The average Bonchev–Trinajstić information content (AvgIpc) is 2.92. The molecule has 1 amide bonds. The number of hydrogen-bond donors (Lipinski definition) is 6. The van der Waals surface area contributed by atoms with Crippen LogP contribution in [0.5, 0.6) is 11.5 Å². The first-order chi connectivity index (χ1) is 20.2. The fraction of sp³-hybridized carbons (Fsp3) is 0.333. The Labute approximate surface area is 251 Å². The molecule has 43 heavy (non-hydrogen) atoms. The molecule has 0 heterocycles. The minimum atomic E-state index is -2.64.